The Morgan fingerprint density at radius 2 is 1.89 bits per heavy atom. The summed E-state index contributed by atoms with van der Waals surface area (Å²) in [7, 11) is 0. The maximum Gasteiger partial charge on any atom is 0.323 e. The van der Waals surface area contributed by atoms with E-state index in [1.807, 2.05) is 19.1 Å². The van der Waals surface area contributed by atoms with Crippen LogP contribution in [-0.2, 0) is 9.59 Å². The number of nitrogens with two attached hydrogens (primary N) is 1. The molecule has 0 spiro atoms. The molecule has 0 atom stereocenters. The van der Waals surface area contributed by atoms with Gasteiger partial charge in [-0.3, -0.25) is 9.59 Å². The van der Waals surface area contributed by atoms with Crippen LogP contribution in [-0.4, -0.2) is 30.1 Å². The molecular weight excluding hydrogens is 244 g/mol. The van der Waals surface area contributed by atoms with Crippen LogP contribution in [0, 0.1) is 12.3 Å². The summed E-state index contributed by atoms with van der Waals surface area (Å²) in [5.74, 6) is -1.21. The van der Waals surface area contributed by atoms with Gasteiger partial charge in [-0.1, -0.05) is 17.7 Å². The average Bonchev–Trinajstić information content (AvgIpc) is 3.17. The Hall–Kier alpha value is -1.88. The molecule has 1 amide bonds. The molecule has 1 saturated carbocycles. The molecule has 19 heavy (non-hydrogen) atoms. The summed E-state index contributed by atoms with van der Waals surface area (Å²) in [6, 6.07) is 7.25. The lowest BCUT2D eigenvalue weighted by atomic mass is 10.0. The summed E-state index contributed by atoms with van der Waals surface area (Å²) in [5.41, 5.74) is 6.77. The SMILES string of the molecule is Cc1ccc(N(CC(=O)O)C(=O)C2(CN)CC2)cc1. The van der Waals surface area contributed by atoms with Crippen molar-refractivity contribution in [2.45, 2.75) is 19.8 Å². The van der Waals surface area contributed by atoms with Gasteiger partial charge in [-0.2, -0.15) is 0 Å². The van der Waals surface area contributed by atoms with Gasteiger partial charge in [0.1, 0.15) is 6.54 Å². The number of carbonyl (C=O) groups excluding carboxylic acids is 1. The molecule has 1 aliphatic rings. The summed E-state index contributed by atoms with van der Waals surface area (Å²) < 4.78 is 0. The van der Waals surface area contributed by atoms with Gasteiger partial charge in [0, 0.05) is 12.2 Å². The number of rotatable bonds is 5. The molecule has 0 radical (unpaired) electrons. The topological polar surface area (TPSA) is 83.6 Å². The molecule has 0 aromatic heterocycles. The molecule has 5 nitrogen and oxygen atoms in total. The lowest BCUT2D eigenvalue weighted by Gasteiger charge is -2.25. The van der Waals surface area contributed by atoms with Gasteiger partial charge in [-0.15, -0.1) is 0 Å². The maximum atomic E-state index is 12.5. The second-order valence-corrected chi connectivity index (χ2v) is 5.11. The van der Waals surface area contributed by atoms with Crippen molar-refractivity contribution < 1.29 is 14.7 Å². The molecule has 2 rings (SSSR count). The first-order valence-electron chi connectivity index (χ1n) is 6.29. The van der Waals surface area contributed by atoms with E-state index in [0.717, 1.165) is 18.4 Å². The number of carbonyl (C=O) groups is 2. The number of nitrogens with zero attached hydrogens (tertiary/aromatic N) is 1. The second-order valence-electron chi connectivity index (χ2n) is 5.11. The Labute approximate surface area is 112 Å². The van der Waals surface area contributed by atoms with Crippen molar-refractivity contribution in [2.75, 3.05) is 18.0 Å². The van der Waals surface area contributed by atoms with Gasteiger partial charge in [-0.05, 0) is 31.9 Å². The highest BCUT2D eigenvalue weighted by atomic mass is 16.4. The zero-order valence-electron chi connectivity index (χ0n) is 10.9. The molecule has 0 unspecified atom stereocenters. The highest BCUT2D eigenvalue weighted by Crippen LogP contribution is 2.46. The van der Waals surface area contributed by atoms with Gasteiger partial charge in [0.05, 0.1) is 5.41 Å². The van der Waals surface area contributed by atoms with Gasteiger partial charge in [0.15, 0.2) is 0 Å². The fourth-order valence-corrected chi connectivity index (χ4v) is 2.08. The number of aliphatic carboxylic acids is 1. The minimum Gasteiger partial charge on any atom is -0.480 e. The number of carboxylic acid groups (broad SMARTS) is 1. The number of aryl methyl sites for hydroxylation is 1. The summed E-state index contributed by atoms with van der Waals surface area (Å²) in [6.45, 7) is 1.88. The average molecular weight is 262 g/mol. The molecule has 0 aliphatic heterocycles. The molecule has 0 heterocycles. The van der Waals surface area contributed by atoms with E-state index in [0.29, 0.717) is 5.69 Å². The van der Waals surface area contributed by atoms with Crippen LogP contribution in [0.5, 0.6) is 0 Å². The summed E-state index contributed by atoms with van der Waals surface area (Å²) in [5, 5.41) is 8.98. The smallest absolute Gasteiger partial charge is 0.323 e. The molecule has 1 aliphatic carbocycles. The Morgan fingerprint density at radius 1 is 1.32 bits per heavy atom. The van der Waals surface area contributed by atoms with E-state index in [9.17, 15) is 9.59 Å². The largest absolute Gasteiger partial charge is 0.480 e. The van der Waals surface area contributed by atoms with Crippen molar-refractivity contribution in [1.29, 1.82) is 0 Å². The van der Waals surface area contributed by atoms with Crippen molar-refractivity contribution in [3.8, 4) is 0 Å². The molecule has 1 aromatic carbocycles. The van der Waals surface area contributed by atoms with Gasteiger partial charge in [0.2, 0.25) is 5.91 Å². The number of hydrogen-bond donors (Lipinski definition) is 2. The van der Waals surface area contributed by atoms with Crippen LogP contribution in [0.4, 0.5) is 5.69 Å². The van der Waals surface area contributed by atoms with E-state index in [1.54, 1.807) is 12.1 Å². The predicted molar refractivity (Wildman–Crippen MR) is 71.9 cm³/mol. The van der Waals surface area contributed by atoms with Crippen LogP contribution in [0.2, 0.25) is 0 Å². The first-order valence-corrected chi connectivity index (χ1v) is 6.29. The normalized spacial score (nSPS) is 15.9. The van der Waals surface area contributed by atoms with Gasteiger partial charge in [-0.25, -0.2) is 0 Å². The maximum absolute atomic E-state index is 12.5. The third-order valence-electron chi connectivity index (χ3n) is 3.58. The van der Waals surface area contributed by atoms with Gasteiger partial charge < -0.3 is 15.7 Å². The van der Waals surface area contributed by atoms with E-state index in [4.69, 9.17) is 10.8 Å². The number of benzene rings is 1. The van der Waals surface area contributed by atoms with Crippen molar-refractivity contribution in [3.05, 3.63) is 29.8 Å². The van der Waals surface area contributed by atoms with E-state index >= 15 is 0 Å². The third-order valence-corrected chi connectivity index (χ3v) is 3.58. The van der Waals surface area contributed by atoms with Crippen LogP contribution < -0.4 is 10.6 Å². The van der Waals surface area contributed by atoms with Crippen LogP contribution in [0.1, 0.15) is 18.4 Å². The standard InChI is InChI=1S/C14H18N2O3/c1-10-2-4-11(5-3-10)16(8-12(17)18)13(19)14(9-15)6-7-14/h2-5H,6-9,15H2,1H3,(H,17,18). The fraction of sp³-hybridized carbons (Fsp3) is 0.429. The Morgan fingerprint density at radius 3 is 2.32 bits per heavy atom. The molecule has 5 heteroatoms. The van der Waals surface area contributed by atoms with E-state index in [2.05, 4.69) is 0 Å². The highest BCUT2D eigenvalue weighted by molar-refractivity contribution is 6.02. The molecule has 1 aromatic rings. The Balaban J connectivity index is 2.28. The van der Waals surface area contributed by atoms with Crippen molar-refractivity contribution in [3.63, 3.8) is 0 Å². The quantitative estimate of drug-likeness (QED) is 0.833. The number of carboxylic acids is 1. The van der Waals surface area contributed by atoms with Crippen LogP contribution in [0.15, 0.2) is 24.3 Å². The van der Waals surface area contributed by atoms with Crippen LogP contribution in [0.25, 0.3) is 0 Å². The molecular formula is C14H18N2O3. The number of anilines is 1. The van der Waals surface area contributed by atoms with Gasteiger partial charge in [0.25, 0.3) is 0 Å². The number of hydrogen-bond acceptors (Lipinski definition) is 3. The minimum absolute atomic E-state index is 0.179. The summed E-state index contributed by atoms with van der Waals surface area (Å²) in [4.78, 5) is 24.7. The first-order chi connectivity index (χ1) is 8.98. The monoisotopic (exact) mass is 262 g/mol. The lowest BCUT2D eigenvalue weighted by molar-refractivity contribution is -0.137. The molecule has 3 N–H and O–H groups in total. The molecule has 0 saturated heterocycles. The minimum atomic E-state index is -1.03. The molecule has 102 valence electrons. The summed E-state index contributed by atoms with van der Waals surface area (Å²) >= 11 is 0. The Kier molecular flexibility index (Phi) is 3.57. The van der Waals surface area contributed by atoms with Gasteiger partial charge >= 0.3 is 5.97 Å². The predicted octanol–water partition coefficient (Wildman–Crippen LogP) is 1.15. The zero-order chi connectivity index (χ0) is 14.0. The fourth-order valence-electron chi connectivity index (χ4n) is 2.08. The molecule has 1 fully saturated rings. The lowest BCUT2D eigenvalue weighted by Crippen LogP contribution is -2.43. The van der Waals surface area contributed by atoms with Crippen molar-refractivity contribution in [1.82, 2.24) is 0 Å². The Bertz CT molecular complexity index is 492. The van der Waals surface area contributed by atoms with E-state index in [-0.39, 0.29) is 19.0 Å². The van der Waals surface area contributed by atoms with E-state index < -0.39 is 11.4 Å². The van der Waals surface area contributed by atoms with Crippen LogP contribution >= 0.6 is 0 Å². The van der Waals surface area contributed by atoms with E-state index in [1.165, 1.54) is 4.90 Å². The third kappa shape index (κ3) is 2.76. The van der Waals surface area contributed by atoms with Crippen molar-refractivity contribution >= 4 is 17.6 Å². The summed E-state index contributed by atoms with van der Waals surface area (Å²) in [6.07, 6.45) is 1.48. The van der Waals surface area contributed by atoms with Crippen LogP contribution in [0.3, 0.4) is 0 Å². The number of amides is 1. The first kappa shape index (κ1) is 13.5. The second kappa shape index (κ2) is 5.01. The highest BCUT2D eigenvalue weighted by Gasteiger charge is 2.51. The zero-order valence-corrected chi connectivity index (χ0v) is 10.9. The molecule has 0 bridgehead atoms. The van der Waals surface area contributed by atoms with Crippen molar-refractivity contribution in [2.24, 2.45) is 11.1 Å².